The summed E-state index contributed by atoms with van der Waals surface area (Å²) in [5.74, 6) is 0.281. The summed E-state index contributed by atoms with van der Waals surface area (Å²) in [6.45, 7) is 3.67. The number of nitrogens with zero attached hydrogens (tertiary/aromatic N) is 1. The zero-order chi connectivity index (χ0) is 13.4. The SMILES string of the molecule is CC(N)c1ccc(N2Cc3ccccc3C2)cc1O. The van der Waals surface area contributed by atoms with Gasteiger partial charge in [0.25, 0.3) is 0 Å². The van der Waals surface area contributed by atoms with E-state index in [1.165, 1.54) is 11.1 Å². The molecule has 19 heavy (non-hydrogen) atoms. The number of phenols is 1. The normalized spacial score (nSPS) is 15.4. The van der Waals surface area contributed by atoms with Crippen molar-refractivity contribution >= 4 is 5.69 Å². The Bertz CT molecular complexity index is 582. The fourth-order valence-electron chi connectivity index (χ4n) is 2.63. The van der Waals surface area contributed by atoms with Gasteiger partial charge in [0.15, 0.2) is 0 Å². The molecule has 0 saturated heterocycles. The Kier molecular flexibility index (Phi) is 2.91. The predicted octanol–water partition coefficient (Wildman–Crippen LogP) is 2.93. The van der Waals surface area contributed by atoms with Crippen molar-refractivity contribution < 1.29 is 5.11 Å². The fraction of sp³-hybridized carbons (Fsp3) is 0.250. The number of phenolic OH excluding ortho intramolecular Hbond substituents is 1. The van der Waals surface area contributed by atoms with Crippen LogP contribution in [0.15, 0.2) is 42.5 Å². The first-order valence-corrected chi connectivity index (χ1v) is 6.55. The summed E-state index contributed by atoms with van der Waals surface area (Å²) < 4.78 is 0. The average molecular weight is 254 g/mol. The van der Waals surface area contributed by atoms with Gasteiger partial charge in [0.05, 0.1) is 0 Å². The van der Waals surface area contributed by atoms with Crippen LogP contribution in [0.2, 0.25) is 0 Å². The van der Waals surface area contributed by atoms with Crippen LogP contribution in [-0.2, 0) is 13.1 Å². The zero-order valence-electron chi connectivity index (χ0n) is 11.0. The van der Waals surface area contributed by atoms with Gasteiger partial charge in [-0.15, -0.1) is 0 Å². The van der Waals surface area contributed by atoms with Crippen molar-refractivity contribution in [3.63, 3.8) is 0 Å². The second-order valence-corrected chi connectivity index (χ2v) is 5.16. The van der Waals surface area contributed by atoms with E-state index in [1.807, 2.05) is 25.1 Å². The first-order valence-electron chi connectivity index (χ1n) is 6.55. The Morgan fingerprint density at radius 2 is 1.74 bits per heavy atom. The third kappa shape index (κ3) is 2.17. The van der Waals surface area contributed by atoms with Crippen molar-refractivity contribution in [2.24, 2.45) is 5.73 Å². The van der Waals surface area contributed by atoms with Gasteiger partial charge in [0.2, 0.25) is 0 Å². The van der Waals surface area contributed by atoms with Gasteiger partial charge in [-0.25, -0.2) is 0 Å². The molecule has 1 aliphatic rings. The lowest BCUT2D eigenvalue weighted by Crippen LogP contribution is -2.14. The van der Waals surface area contributed by atoms with Crippen molar-refractivity contribution in [3.05, 3.63) is 59.2 Å². The first-order chi connectivity index (χ1) is 9.15. The van der Waals surface area contributed by atoms with Gasteiger partial charge in [-0.1, -0.05) is 30.3 Å². The molecule has 0 aliphatic carbocycles. The van der Waals surface area contributed by atoms with E-state index in [9.17, 15) is 5.11 Å². The quantitative estimate of drug-likeness (QED) is 0.866. The van der Waals surface area contributed by atoms with Crippen LogP contribution in [0.3, 0.4) is 0 Å². The molecular formula is C16H18N2O. The van der Waals surface area contributed by atoms with Crippen molar-refractivity contribution in [1.29, 1.82) is 0 Å². The van der Waals surface area contributed by atoms with Crippen molar-refractivity contribution in [2.45, 2.75) is 26.1 Å². The second kappa shape index (κ2) is 4.59. The predicted molar refractivity (Wildman–Crippen MR) is 77.0 cm³/mol. The number of nitrogens with two attached hydrogens (primary N) is 1. The second-order valence-electron chi connectivity index (χ2n) is 5.16. The highest BCUT2D eigenvalue weighted by atomic mass is 16.3. The molecule has 3 rings (SSSR count). The highest BCUT2D eigenvalue weighted by Crippen LogP contribution is 2.32. The number of benzene rings is 2. The van der Waals surface area contributed by atoms with Gasteiger partial charge >= 0.3 is 0 Å². The van der Waals surface area contributed by atoms with E-state index in [1.54, 1.807) is 0 Å². The summed E-state index contributed by atoms with van der Waals surface area (Å²) in [6.07, 6.45) is 0. The lowest BCUT2D eigenvalue weighted by Gasteiger charge is -2.19. The lowest BCUT2D eigenvalue weighted by atomic mass is 10.1. The first kappa shape index (κ1) is 12.1. The van der Waals surface area contributed by atoms with Crippen LogP contribution >= 0.6 is 0 Å². The van der Waals surface area contributed by atoms with Gasteiger partial charge < -0.3 is 15.7 Å². The minimum Gasteiger partial charge on any atom is -0.508 e. The van der Waals surface area contributed by atoms with E-state index in [2.05, 4.69) is 29.2 Å². The van der Waals surface area contributed by atoms with Gasteiger partial charge in [-0.05, 0) is 24.1 Å². The highest BCUT2D eigenvalue weighted by Gasteiger charge is 2.19. The lowest BCUT2D eigenvalue weighted by molar-refractivity contribution is 0.463. The summed E-state index contributed by atoms with van der Waals surface area (Å²) in [7, 11) is 0. The molecule has 0 radical (unpaired) electrons. The smallest absolute Gasteiger partial charge is 0.122 e. The Morgan fingerprint density at radius 3 is 2.26 bits per heavy atom. The van der Waals surface area contributed by atoms with Crippen molar-refractivity contribution in [1.82, 2.24) is 0 Å². The molecule has 0 aromatic heterocycles. The molecule has 0 saturated carbocycles. The number of aromatic hydroxyl groups is 1. The minimum absolute atomic E-state index is 0.148. The summed E-state index contributed by atoms with van der Waals surface area (Å²) in [4.78, 5) is 2.26. The molecule has 2 aromatic rings. The molecule has 0 amide bonds. The maximum absolute atomic E-state index is 10.0. The summed E-state index contributed by atoms with van der Waals surface area (Å²) in [5.41, 5.74) is 10.4. The molecule has 1 heterocycles. The Balaban J connectivity index is 1.88. The number of hydrogen-bond donors (Lipinski definition) is 2. The molecule has 1 atom stereocenters. The van der Waals surface area contributed by atoms with Crippen molar-refractivity contribution in [2.75, 3.05) is 4.90 Å². The number of hydrogen-bond acceptors (Lipinski definition) is 3. The van der Waals surface area contributed by atoms with E-state index >= 15 is 0 Å². The molecule has 98 valence electrons. The monoisotopic (exact) mass is 254 g/mol. The van der Waals surface area contributed by atoms with Gasteiger partial charge in [-0.2, -0.15) is 0 Å². The van der Waals surface area contributed by atoms with Crippen LogP contribution in [0.1, 0.15) is 29.7 Å². The van der Waals surface area contributed by atoms with Crippen LogP contribution in [0.25, 0.3) is 0 Å². The molecule has 3 nitrogen and oxygen atoms in total. The van der Waals surface area contributed by atoms with E-state index in [0.29, 0.717) is 0 Å². The number of fused-ring (bicyclic) bond motifs is 1. The van der Waals surface area contributed by atoms with Crippen molar-refractivity contribution in [3.8, 4) is 5.75 Å². The molecule has 1 unspecified atom stereocenters. The maximum Gasteiger partial charge on any atom is 0.122 e. The molecule has 0 bridgehead atoms. The molecule has 2 aromatic carbocycles. The standard InChI is InChI=1S/C16H18N2O/c1-11(17)15-7-6-14(8-16(15)19)18-9-12-4-2-3-5-13(12)10-18/h2-8,11,19H,9-10,17H2,1H3. The number of rotatable bonds is 2. The third-order valence-electron chi connectivity index (χ3n) is 3.71. The van der Waals surface area contributed by atoms with Crippen LogP contribution in [-0.4, -0.2) is 5.11 Å². The maximum atomic E-state index is 10.0. The van der Waals surface area contributed by atoms with Gasteiger partial charge in [-0.3, -0.25) is 0 Å². The number of anilines is 1. The van der Waals surface area contributed by atoms with Gasteiger partial charge in [0, 0.05) is 36.4 Å². The fourth-order valence-corrected chi connectivity index (χ4v) is 2.63. The van der Waals surface area contributed by atoms with Crippen LogP contribution in [0, 0.1) is 0 Å². The average Bonchev–Trinajstić information content (AvgIpc) is 2.81. The molecule has 1 aliphatic heterocycles. The molecule has 0 fully saturated rings. The van der Waals surface area contributed by atoms with E-state index in [-0.39, 0.29) is 11.8 Å². The summed E-state index contributed by atoms with van der Waals surface area (Å²) in [6, 6.07) is 14.1. The van der Waals surface area contributed by atoms with E-state index in [4.69, 9.17) is 5.73 Å². The minimum atomic E-state index is -0.148. The largest absolute Gasteiger partial charge is 0.508 e. The van der Waals surface area contributed by atoms with Crippen LogP contribution in [0.4, 0.5) is 5.69 Å². The highest BCUT2D eigenvalue weighted by molar-refractivity contribution is 5.56. The van der Waals surface area contributed by atoms with Crippen LogP contribution in [0.5, 0.6) is 5.75 Å². The zero-order valence-corrected chi connectivity index (χ0v) is 11.0. The molecule has 3 heteroatoms. The molecular weight excluding hydrogens is 236 g/mol. The van der Waals surface area contributed by atoms with E-state index < -0.39 is 0 Å². The van der Waals surface area contributed by atoms with Crippen LogP contribution < -0.4 is 10.6 Å². The summed E-state index contributed by atoms with van der Waals surface area (Å²) in [5, 5.41) is 10.0. The third-order valence-corrected chi connectivity index (χ3v) is 3.71. The molecule has 0 spiro atoms. The topological polar surface area (TPSA) is 49.5 Å². The Labute approximate surface area is 113 Å². The Hall–Kier alpha value is -2.00. The molecule has 3 N–H and O–H groups in total. The van der Waals surface area contributed by atoms with E-state index in [0.717, 1.165) is 24.3 Å². The Morgan fingerprint density at radius 1 is 1.11 bits per heavy atom. The summed E-state index contributed by atoms with van der Waals surface area (Å²) >= 11 is 0. The van der Waals surface area contributed by atoms with Gasteiger partial charge in [0.1, 0.15) is 5.75 Å².